The number of nitrogens with zero attached hydrogens (tertiary/aromatic N) is 1. The number of carbonyl (C=O) groups is 1. The Morgan fingerprint density at radius 3 is 2.71 bits per heavy atom. The Bertz CT molecular complexity index is 780. The zero-order chi connectivity index (χ0) is 25.0. The van der Waals surface area contributed by atoms with Crippen LogP contribution in [0.15, 0.2) is 36.4 Å². The van der Waals surface area contributed by atoms with Crippen LogP contribution in [0.4, 0.5) is 0 Å². The molecule has 0 bridgehead atoms. The van der Waals surface area contributed by atoms with Crippen LogP contribution in [0.2, 0.25) is 0 Å². The number of rotatable bonds is 13. The monoisotopic (exact) mass is 507 g/mol. The van der Waals surface area contributed by atoms with Gasteiger partial charge in [-0.25, -0.2) is 0 Å². The molecule has 1 aliphatic heterocycles. The molecule has 1 aromatic carbocycles. The lowest BCUT2D eigenvalue weighted by atomic mass is 9.84. The summed E-state index contributed by atoms with van der Waals surface area (Å²) < 4.78 is 10.7. The number of aliphatic hydroxyl groups excluding tert-OH is 2. The quantitative estimate of drug-likeness (QED) is 0.176. The standard InChI is InChI=1S/C28H42ClNO5/c1-2-7-25(31)21-10-12-22(13-11-21)28-23(24(29)20-26(28)32)8-5-3-4-6-9-27(33)35-19-16-30-14-17-34-18-15-30/h3,5,10-13,23-26,28,31-32H,2,4,6-9,14-20H2,1H3/b5-3-/t23-,24+,25?,26+,28+/m0/s1. The van der Waals surface area contributed by atoms with E-state index in [1.165, 1.54) is 0 Å². The molecule has 3 rings (SSSR count). The largest absolute Gasteiger partial charge is 0.464 e. The molecule has 5 atom stereocenters. The number of carbonyl (C=O) groups excluding carboxylic acids is 1. The Balaban J connectivity index is 1.38. The summed E-state index contributed by atoms with van der Waals surface area (Å²) in [5.41, 5.74) is 1.99. The molecule has 2 N–H and O–H groups in total. The molecule has 0 amide bonds. The van der Waals surface area contributed by atoms with E-state index in [0.29, 0.717) is 19.4 Å². The molecule has 1 saturated carbocycles. The molecule has 2 aliphatic rings. The first-order valence-corrected chi connectivity index (χ1v) is 13.6. The second-order valence-corrected chi connectivity index (χ2v) is 10.3. The lowest BCUT2D eigenvalue weighted by molar-refractivity contribution is -0.144. The summed E-state index contributed by atoms with van der Waals surface area (Å²) in [6.07, 6.45) is 8.39. The van der Waals surface area contributed by atoms with Gasteiger partial charge in [-0.1, -0.05) is 49.8 Å². The van der Waals surface area contributed by atoms with Crippen LogP contribution in [-0.2, 0) is 14.3 Å². The van der Waals surface area contributed by atoms with Crippen LogP contribution >= 0.6 is 11.6 Å². The lowest BCUT2D eigenvalue weighted by Crippen LogP contribution is -2.38. The minimum Gasteiger partial charge on any atom is -0.464 e. The van der Waals surface area contributed by atoms with Crippen molar-refractivity contribution in [2.24, 2.45) is 5.92 Å². The van der Waals surface area contributed by atoms with Gasteiger partial charge in [-0.2, -0.15) is 0 Å². The number of hydrogen-bond donors (Lipinski definition) is 2. The summed E-state index contributed by atoms with van der Waals surface area (Å²) in [7, 11) is 0. The summed E-state index contributed by atoms with van der Waals surface area (Å²) in [6.45, 7) is 6.57. The van der Waals surface area contributed by atoms with Crippen molar-refractivity contribution in [1.82, 2.24) is 4.90 Å². The van der Waals surface area contributed by atoms with E-state index in [4.69, 9.17) is 21.1 Å². The average molecular weight is 508 g/mol. The third kappa shape index (κ3) is 8.87. The number of morpholine rings is 1. The van der Waals surface area contributed by atoms with Gasteiger partial charge in [-0.3, -0.25) is 9.69 Å². The number of ether oxygens (including phenoxy) is 2. The molecule has 1 heterocycles. The number of benzene rings is 1. The molecule has 0 spiro atoms. The van der Waals surface area contributed by atoms with Crippen molar-refractivity contribution in [1.29, 1.82) is 0 Å². The Morgan fingerprint density at radius 2 is 2.00 bits per heavy atom. The highest BCUT2D eigenvalue weighted by Crippen LogP contribution is 2.45. The summed E-state index contributed by atoms with van der Waals surface area (Å²) in [4.78, 5) is 14.2. The normalized spacial score (nSPS) is 26.3. The Morgan fingerprint density at radius 1 is 1.26 bits per heavy atom. The molecule has 1 aliphatic carbocycles. The molecule has 6 nitrogen and oxygen atoms in total. The van der Waals surface area contributed by atoms with Crippen molar-refractivity contribution >= 4 is 17.6 Å². The van der Waals surface area contributed by atoms with Gasteiger partial charge in [0.15, 0.2) is 0 Å². The predicted octanol–water partition coefficient (Wildman–Crippen LogP) is 4.58. The molecule has 7 heteroatoms. The number of aliphatic hydroxyl groups is 2. The van der Waals surface area contributed by atoms with E-state index in [0.717, 1.165) is 76.1 Å². The number of esters is 1. The van der Waals surface area contributed by atoms with Crippen molar-refractivity contribution in [3.05, 3.63) is 47.5 Å². The van der Waals surface area contributed by atoms with Crippen LogP contribution in [0.1, 0.15) is 75.0 Å². The fourth-order valence-electron chi connectivity index (χ4n) is 5.13. The molecule has 2 fully saturated rings. The van der Waals surface area contributed by atoms with Gasteiger partial charge in [0, 0.05) is 37.4 Å². The van der Waals surface area contributed by atoms with E-state index >= 15 is 0 Å². The van der Waals surface area contributed by atoms with Crippen LogP contribution in [0, 0.1) is 5.92 Å². The highest BCUT2D eigenvalue weighted by Gasteiger charge is 2.41. The van der Waals surface area contributed by atoms with Gasteiger partial charge in [-0.05, 0) is 49.1 Å². The molecular formula is C28H42ClNO5. The van der Waals surface area contributed by atoms with Crippen molar-refractivity contribution in [2.45, 2.75) is 75.4 Å². The maximum atomic E-state index is 12.0. The molecule has 35 heavy (non-hydrogen) atoms. The number of alkyl halides is 1. The van der Waals surface area contributed by atoms with Gasteiger partial charge in [-0.15, -0.1) is 11.6 Å². The van der Waals surface area contributed by atoms with Gasteiger partial charge in [0.2, 0.25) is 0 Å². The Kier molecular flexibility index (Phi) is 12.0. The fraction of sp³-hybridized carbons (Fsp3) is 0.679. The smallest absolute Gasteiger partial charge is 0.305 e. The topological polar surface area (TPSA) is 79.2 Å². The zero-order valence-electron chi connectivity index (χ0n) is 21.0. The number of unbranched alkanes of at least 4 members (excludes halogenated alkanes) is 1. The second-order valence-electron chi connectivity index (χ2n) is 9.75. The first kappa shape index (κ1) is 28.1. The van der Waals surface area contributed by atoms with Crippen molar-refractivity contribution < 1.29 is 24.5 Å². The molecular weight excluding hydrogens is 466 g/mol. The van der Waals surface area contributed by atoms with Crippen LogP contribution in [0.3, 0.4) is 0 Å². The van der Waals surface area contributed by atoms with Crippen molar-refractivity contribution in [3.63, 3.8) is 0 Å². The molecule has 1 aromatic rings. The Hall–Kier alpha value is -1.44. The molecule has 1 saturated heterocycles. The van der Waals surface area contributed by atoms with E-state index < -0.39 is 12.2 Å². The van der Waals surface area contributed by atoms with Crippen molar-refractivity contribution in [2.75, 3.05) is 39.5 Å². The SMILES string of the molecule is CCCC(O)c1ccc([C@@H]2[C@@H](C/C=C\CCCC(=O)OCCN3CCOCC3)[C@H](Cl)C[C@H]2O)cc1. The van der Waals surface area contributed by atoms with Gasteiger partial charge >= 0.3 is 5.97 Å². The van der Waals surface area contributed by atoms with E-state index in [9.17, 15) is 15.0 Å². The number of hydrogen-bond acceptors (Lipinski definition) is 6. The lowest BCUT2D eigenvalue weighted by Gasteiger charge is -2.26. The molecule has 0 aromatic heterocycles. The minimum atomic E-state index is -0.463. The summed E-state index contributed by atoms with van der Waals surface area (Å²) in [5.74, 6) is -0.000547. The first-order chi connectivity index (χ1) is 17.0. The predicted molar refractivity (Wildman–Crippen MR) is 139 cm³/mol. The van der Waals surface area contributed by atoms with Gasteiger partial charge in [0.1, 0.15) is 6.61 Å². The summed E-state index contributed by atoms with van der Waals surface area (Å²) >= 11 is 6.62. The highest BCUT2D eigenvalue weighted by atomic mass is 35.5. The molecule has 196 valence electrons. The highest BCUT2D eigenvalue weighted by molar-refractivity contribution is 6.21. The van der Waals surface area contributed by atoms with Crippen LogP contribution < -0.4 is 0 Å². The maximum Gasteiger partial charge on any atom is 0.305 e. The van der Waals surface area contributed by atoms with Gasteiger partial charge < -0.3 is 19.7 Å². The van der Waals surface area contributed by atoms with Gasteiger partial charge in [0.25, 0.3) is 0 Å². The van der Waals surface area contributed by atoms with E-state index in [1.807, 2.05) is 24.3 Å². The van der Waals surface area contributed by atoms with E-state index in [-0.39, 0.29) is 23.2 Å². The first-order valence-electron chi connectivity index (χ1n) is 13.2. The van der Waals surface area contributed by atoms with E-state index in [1.54, 1.807) is 0 Å². The average Bonchev–Trinajstić information content (AvgIpc) is 3.14. The molecule has 0 radical (unpaired) electrons. The molecule has 1 unspecified atom stereocenters. The number of halogens is 1. The zero-order valence-corrected chi connectivity index (χ0v) is 21.7. The second kappa shape index (κ2) is 15.0. The Labute approximate surface area is 215 Å². The fourth-order valence-corrected chi connectivity index (χ4v) is 5.57. The maximum absolute atomic E-state index is 12.0. The van der Waals surface area contributed by atoms with Crippen LogP contribution in [-0.4, -0.2) is 72.0 Å². The van der Waals surface area contributed by atoms with Crippen LogP contribution in [0.5, 0.6) is 0 Å². The minimum absolute atomic E-state index is 0.0130. The van der Waals surface area contributed by atoms with Gasteiger partial charge in [0.05, 0.1) is 25.4 Å². The van der Waals surface area contributed by atoms with Crippen LogP contribution in [0.25, 0.3) is 0 Å². The summed E-state index contributed by atoms with van der Waals surface area (Å²) in [5, 5.41) is 20.8. The van der Waals surface area contributed by atoms with Crippen molar-refractivity contribution in [3.8, 4) is 0 Å². The third-order valence-electron chi connectivity index (χ3n) is 7.18. The summed E-state index contributed by atoms with van der Waals surface area (Å²) in [6, 6.07) is 7.99. The number of allylic oxidation sites excluding steroid dienone is 2. The van der Waals surface area contributed by atoms with E-state index in [2.05, 4.69) is 24.0 Å². The third-order valence-corrected chi connectivity index (χ3v) is 7.68.